The lowest BCUT2D eigenvalue weighted by Crippen LogP contribution is -2.57. The highest BCUT2D eigenvalue weighted by Gasteiger charge is 2.52. The molecule has 2 saturated heterocycles. The zero-order chi connectivity index (χ0) is 26.6. The van der Waals surface area contributed by atoms with Crippen molar-refractivity contribution in [2.24, 2.45) is 17.8 Å². The van der Waals surface area contributed by atoms with Gasteiger partial charge < -0.3 is 10.0 Å². The van der Waals surface area contributed by atoms with E-state index >= 15 is 0 Å². The average Bonchev–Trinajstić information content (AvgIpc) is 3.22. The van der Waals surface area contributed by atoms with E-state index in [0.717, 1.165) is 18.2 Å². The molecule has 204 valence electrons. The smallest absolute Gasteiger partial charge is 0.227 e. The predicted molar refractivity (Wildman–Crippen MR) is 136 cm³/mol. The van der Waals surface area contributed by atoms with Crippen LogP contribution in [-0.2, 0) is 10.4 Å². The van der Waals surface area contributed by atoms with Crippen molar-refractivity contribution in [3.8, 4) is 0 Å². The van der Waals surface area contributed by atoms with E-state index in [9.17, 15) is 27.5 Å². The van der Waals surface area contributed by atoms with Gasteiger partial charge in [-0.05, 0) is 44.5 Å². The first kappa shape index (κ1) is 29.4. The molecule has 37 heavy (non-hydrogen) atoms. The number of aliphatic hydroxyl groups is 1. The number of hydrogen-bond donors (Lipinski definition) is 1. The Bertz CT molecular complexity index is 1120. The molecule has 0 saturated carbocycles. The standard InChI is InChI=1S/C28H34F4N2O2.ClH/c1-16-12-33(13-17(2)28(16,36)25-22(30)7-6-8-23(25)31)26(35)21-15-34(27(3,4)5)14-20(21)19-10-9-18(29)11-24(19)32;/h6-11,16-17,20-21,36H,12-15H2,1-5H3;1H/t16?,17?,20-,21+,28?;/m0./s1. The van der Waals surface area contributed by atoms with Crippen LogP contribution in [0, 0.1) is 41.0 Å². The molecule has 0 aliphatic carbocycles. The molecule has 0 spiro atoms. The summed E-state index contributed by atoms with van der Waals surface area (Å²) in [7, 11) is 0. The molecule has 2 aliphatic heterocycles. The van der Waals surface area contributed by atoms with Gasteiger partial charge in [-0.25, -0.2) is 17.6 Å². The van der Waals surface area contributed by atoms with Gasteiger partial charge in [-0.1, -0.05) is 26.0 Å². The summed E-state index contributed by atoms with van der Waals surface area (Å²) >= 11 is 0. The maximum absolute atomic E-state index is 14.8. The largest absolute Gasteiger partial charge is 0.384 e. The monoisotopic (exact) mass is 542 g/mol. The summed E-state index contributed by atoms with van der Waals surface area (Å²) in [6.45, 7) is 10.4. The maximum atomic E-state index is 14.8. The normalized spacial score (nSPS) is 28.8. The van der Waals surface area contributed by atoms with Gasteiger partial charge in [0.15, 0.2) is 0 Å². The van der Waals surface area contributed by atoms with E-state index in [2.05, 4.69) is 4.90 Å². The fourth-order valence-electron chi connectivity index (χ4n) is 6.01. The van der Waals surface area contributed by atoms with Crippen LogP contribution < -0.4 is 0 Å². The van der Waals surface area contributed by atoms with Gasteiger partial charge in [0.2, 0.25) is 5.91 Å². The molecule has 4 nitrogen and oxygen atoms in total. The lowest BCUT2D eigenvalue weighted by molar-refractivity contribution is -0.153. The summed E-state index contributed by atoms with van der Waals surface area (Å²) in [5.41, 5.74) is -2.14. The van der Waals surface area contributed by atoms with Crippen LogP contribution in [0.15, 0.2) is 36.4 Å². The molecule has 1 N–H and O–H groups in total. The van der Waals surface area contributed by atoms with Crippen LogP contribution in [-0.4, -0.2) is 52.5 Å². The van der Waals surface area contributed by atoms with Gasteiger partial charge >= 0.3 is 0 Å². The van der Waals surface area contributed by atoms with Crippen LogP contribution in [0.4, 0.5) is 17.6 Å². The molecule has 2 heterocycles. The van der Waals surface area contributed by atoms with Gasteiger partial charge in [0.25, 0.3) is 0 Å². The number of benzene rings is 2. The van der Waals surface area contributed by atoms with E-state index in [0.29, 0.717) is 18.7 Å². The molecular formula is C28H35ClF4N2O2. The number of carbonyl (C=O) groups excluding carboxylic acids is 1. The van der Waals surface area contributed by atoms with Gasteiger partial charge in [-0.15, -0.1) is 12.4 Å². The van der Waals surface area contributed by atoms with Crippen molar-refractivity contribution < 1.29 is 27.5 Å². The van der Waals surface area contributed by atoms with E-state index in [1.54, 1.807) is 18.7 Å². The predicted octanol–water partition coefficient (Wildman–Crippen LogP) is 5.48. The highest BCUT2D eigenvalue weighted by atomic mass is 35.5. The van der Waals surface area contributed by atoms with E-state index in [4.69, 9.17) is 0 Å². The van der Waals surface area contributed by atoms with Crippen LogP contribution in [0.25, 0.3) is 0 Å². The molecule has 9 heteroatoms. The van der Waals surface area contributed by atoms with Crippen molar-refractivity contribution in [3.63, 3.8) is 0 Å². The highest BCUT2D eigenvalue weighted by molar-refractivity contribution is 5.85. The number of carbonyl (C=O) groups is 1. The number of amides is 1. The van der Waals surface area contributed by atoms with Crippen LogP contribution in [0.1, 0.15) is 51.7 Å². The second-order valence-electron chi connectivity index (χ2n) is 11.4. The van der Waals surface area contributed by atoms with Crippen molar-refractivity contribution in [1.82, 2.24) is 9.80 Å². The number of piperidine rings is 1. The molecule has 2 aromatic carbocycles. The molecule has 4 rings (SSSR count). The van der Waals surface area contributed by atoms with E-state index in [-0.39, 0.29) is 42.5 Å². The average molecular weight is 543 g/mol. The van der Waals surface area contributed by atoms with Gasteiger partial charge in [0.1, 0.15) is 28.9 Å². The van der Waals surface area contributed by atoms with Crippen molar-refractivity contribution >= 4 is 18.3 Å². The summed E-state index contributed by atoms with van der Waals surface area (Å²) in [5, 5.41) is 11.5. The molecule has 4 atom stereocenters. The minimum absolute atomic E-state index is 0. The van der Waals surface area contributed by atoms with Gasteiger partial charge in [-0.3, -0.25) is 9.69 Å². The van der Waals surface area contributed by atoms with Crippen molar-refractivity contribution in [2.75, 3.05) is 26.2 Å². The minimum Gasteiger partial charge on any atom is -0.384 e. The molecule has 2 fully saturated rings. The topological polar surface area (TPSA) is 43.8 Å². The Morgan fingerprint density at radius 1 is 0.919 bits per heavy atom. The van der Waals surface area contributed by atoms with Crippen LogP contribution in [0.3, 0.4) is 0 Å². The first-order chi connectivity index (χ1) is 16.7. The molecular weight excluding hydrogens is 508 g/mol. The highest BCUT2D eigenvalue weighted by Crippen LogP contribution is 2.45. The van der Waals surface area contributed by atoms with Gasteiger partial charge in [-0.2, -0.15) is 0 Å². The lowest BCUT2D eigenvalue weighted by Gasteiger charge is -2.48. The third-order valence-electron chi connectivity index (χ3n) is 8.11. The Kier molecular flexibility index (Phi) is 8.38. The van der Waals surface area contributed by atoms with Crippen molar-refractivity contribution in [3.05, 3.63) is 70.8 Å². The Morgan fingerprint density at radius 2 is 1.49 bits per heavy atom. The zero-order valence-electron chi connectivity index (χ0n) is 21.8. The fourth-order valence-corrected chi connectivity index (χ4v) is 6.01. The Morgan fingerprint density at radius 3 is 2.00 bits per heavy atom. The third kappa shape index (κ3) is 5.25. The fraction of sp³-hybridized carbons (Fsp3) is 0.536. The van der Waals surface area contributed by atoms with Gasteiger partial charge in [0, 0.05) is 55.5 Å². The Hall–Kier alpha value is -2.16. The van der Waals surface area contributed by atoms with Crippen molar-refractivity contribution in [1.29, 1.82) is 0 Å². The number of nitrogens with zero attached hydrogens (tertiary/aromatic N) is 2. The first-order valence-electron chi connectivity index (χ1n) is 12.4. The molecule has 0 aromatic heterocycles. The SMILES string of the molecule is CC1CN(C(=O)[C@@H]2CN(C(C)(C)C)C[C@H]2c2ccc(F)cc2F)CC(C)C1(O)c1c(F)cccc1F.Cl. The summed E-state index contributed by atoms with van der Waals surface area (Å²) in [4.78, 5) is 17.6. The molecule has 0 bridgehead atoms. The number of halogens is 5. The van der Waals surface area contributed by atoms with E-state index in [1.807, 2.05) is 20.8 Å². The molecule has 1 amide bonds. The van der Waals surface area contributed by atoms with E-state index in [1.165, 1.54) is 18.2 Å². The Labute approximate surface area is 222 Å². The quantitative estimate of drug-likeness (QED) is 0.522. The summed E-state index contributed by atoms with van der Waals surface area (Å²) in [6.07, 6.45) is 0. The molecule has 2 aliphatic rings. The van der Waals surface area contributed by atoms with Gasteiger partial charge in [0.05, 0.1) is 11.5 Å². The zero-order valence-corrected chi connectivity index (χ0v) is 22.6. The van der Waals surface area contributed by atoms with Crippen LogP contribution in [0.2, 0.25) is 0 Å². The number of rotatable bonds is 3. The molecule has 2 aromatic rings. The molecule has 2 unspecified atom stereocenters. The molecule has 0 radical (unpaired) electrons. The van der Waals surface area contributed by atoms with Crippen LogP contribution in [0.5, 0.6) is 0 Å². The third-order valence-corrected chi connectivity index (χ3v) is 8.11. The minimum atomic E-state index is -1.79. The lowest BCUT2D eigenvalue weighted by atomic mass is 9.70. The second kappa shape index (κ2) is 10.5. The van der Waals surface area contributed by atoms with Crippen molar-refractivity contribution in [2.45, 2.75) is 51.7 Å². The first-order valence-corrected chi connectivity index (χ1v) is 12.4. The summed E-state index contributed by atoms with van der Waals surface area (Å²) in [6, 6.07) is 6.94. The number of likely N-dealkylation sites (tertiary alicyclic amines) is 2. The Balaban J connectivity index is 0.00000380. The second-order valence-corrected chi connectivity index (χ2v) is 11.4. The van der Waals surface area contributed by atoms with E-state index < -0.39 is 52.5 Å². The van der Waals surface area contributed by atoms with Crippen LogP contribution >= 0.6 is 12.4 Å². The summed E-state index contributed by atoms with van der Waals surface area (Å²) in [5.74, 6) is -5.58. The maximum Gasteiger partial charge on any atom is 0.227 e. The number of hydrogen-bond acceptors (Lipinski definition) is 3. The summed E-state index contributed by atoms with van der Waals surface area (Å²) < 4.78 is 57.7.